The third-order valence-corrected chi connectivity index (χ3v) is 3.38. The van der Waals surface area contributed by atoms with Crippen LogP contribution in [0.3, 0.4) is 0 Å². The van der Waals surface area contributed by atoms with Crippen LogP contribution in [0.1, 0.15) is 29.1 Å². The zero-order chi connectivity index (χ0) is 14.5. The molecule has 2 rings (SSSR count). The van der Waals surface area contributed by atoms with Gasteiger partial charge in [-0.3, -0.25) is 9.59 Å². The first-order valence-corrected chi connectivity index (χ1v) is 6.47. The second-order valence-corrected chi connectivity index (χ2v) is 4.70. The van der Waals surface area contributed by atoms with Crippen molar-refractivity contribution in [3.63, 3.8) is 0 Å². The van der Waals surface area contributed by atoms with Crippen LogP contribution in [0.15, 0.2) is 10.6 Å². The molecule has 1 aromatic rings. The number of likely N-dealkylation sites (tertiary alicyclic amines) is 1. The lowest BCUT2D eigenvalue weighted by molar-refractivity contribution is -0.146. The highest BCUT2D eigenvalue weighted by Crippen LogP contribution is 2.20. The highest BCUT2D eigenvalue weighted by molar-refractivity contribution is 5.92. The van der Waals surface area contributed by atoms with Gasteiger partial charge in [0.15, 0.2) is 11.5 Å². The smallest absolute Gasteiger partial charge is 0.308 e. The van der Waals surface area contributed by atoms with Crippen molar-refractivity contribution in [3.05, 3.63) is 17.5 Å². The van der Waals surface area contributed by atoms with E-state index < -0.39 is 0 Å². The lowest BCUT2D eigenvalue weighted by Crippen LogP contribution is -2.40. The van der Waals surface area contributed by atoms with Gasteiger partial charge in [-0.1, -0.05) is 5.16 Å². The molecule has 110 valence electrons. The van der Waals surface area contributed by atoms with Crippen molar-refractivity contribution in [1.82, 2.24) is 10.1 Å². The van der Waals surface area contributed by atoms with E-state index in [1.54, 1.807) is 18.1 Å². The Morgan fingerprint density at radius 3 is 2.70 bits per heavy atom. The van der Waals surface area contributed by atoms with E-state index in [-0.39, 0.29) is 30.1 Å². The Hall–Kier alpha value is -1.89. The number of aromatic nitrogens is 1. The molecule has 20 heavy (non-hydrogen) atoms. The maximum atomic E-state index is 12.2. The van der Waals surface area contributed by atoms with Crippen LogP contribution in [-0.2, 0) is 20.9 Å². The van der Waals surface area contributed by atoms with E-state index in [1.807, 2.05) is 0 Å². The maximum Gasteiger partial charge on any atom is 0.308 e. The molecule has 1 amide bonds. The van der Waals surface area contributed by atoms with E-state index in [0.717, 1.165) is 0 Å². The summed E-state index contributed by atoms with van der Waals surface area (Å²) in [6.07, 6.45) is 1.22. The summed E-state index contributed by atoms with van der Waals surface area (Å²) in [5.41, 5.74) is 0.272. The summed E-state index contributed by atoms with van der Waals surface area (Å²) in [5.74, 6) is 0.00560. The van der Waals surface area contributed by atoms with E-state index in [2.05, 4.69) is 5.16 Å². The van der Waals surface area contributed by atoms with Crippen LogP contribution in [0, 0.1) is 5.92 Å². The molecule has 2 heterocycles. The number of esters is 1. The highest BCUT2D eigenvalue weighted by Gasteiger charge is 2.29. The summed E-state index contributed by atoms with van der Waals surface area (Å²) in [5, 5.41) is 3.74. The van der Waals surface area contributed by atoms with Crippen LogP contribution in [0.5, 0.6) is 0 Å². The number of nitrogens with zero attached hydrogens (tertiary/aromatic N) is 2. The van der Waals surface area contributed by atoms with Gasteiger partial charge < -0.3 is 18.9 Å². The van der Waals surface area contributed by atoms with E-state index in [4.69, 9.17) is 14.0 Å². The van der Waals surface area contributed by atoms with E-state index in [0.29, 0.717) is 31.7 Å². The number of carbonyl (C=O) groups excluding carboxylic acids is 2. The molecule has 7 heteroatoms. The van der Waals surface area contributed by atoms with Gasteiger partial charge in [0.1, 0.15) is 6.61 Å². The van der Waals surface area contributed by atoms with Crippen LogP contribution in [0.4, 0.5) is 0 Å². The molecule has 1 aromatic heterocycles. The summed E-state index contributed by atoms with van der Waals surface area (Å²) in [6.45, 7) is 1.32. The Bertz CT molecular complexity index is 477. The molecule has 1 aliphatic rings. The first-order chi connectivity index (χ1) is 9.65. The largest absolute Gasteiger partial charge is 0.469 e. The predicted molar refractivity (Wildman–Crippen MR) is 67.9 cm³/mol. The zero-order valence-electron chi connectivity index (χ0n) is 11.6. The van der Waals surface area contributed by atoms with Crippen LogP contribution < -0.4 is 0 Å². The van der Waals surface area contributed by atoms with Crippen molar-refractivity contribution in [2.45, 2.75) is 19.4 Å². The SMILES string of the molecule is COCc1cc(C(=O)N2CCC(C(=O)OC)CC2)no1. The van der Waals surface area contributed by atoms with Crippen molar-refractivity contribution in [2.75, 3.05) is 27.3 Å². The molecular formula is C13H18N2O5. The molecule has 0 unspecified atom stereocenters. The molecule has 0 aromatic carbocycles. The molecule has 0 saturated carbocycles. The lowest BCUT2D eigenvalue weighted by atomic mass is 9.97. The van der Waals surface area contributed by atoms with Crippen LogP contribution in [0.25, 0.3) is 0 Å². The number of rotatable bonds is 4. The predicted octanol–water partition coefficient (Wildman–Crippen LogP) is 0.846. The molecule has 0 N–H and O–H groups in total. The molecular weight excluding hydrogens is 264 g/mol. The second kappa shape index (κ2) is 6.51. The number of ether oxygens (including phenoxy) is 2. The van der Waals surface area contributed by atoms with Crippen molar-refractivity contribution in [3.8, 4) is 0 Å². The summed E-state index contributed by atoms with van der Waals surface area (Å²) in [6, 6.07) is 1.58. The Morgan fingerprint density at radius 1 is 1.40 bits per heavy atom. The first-order valence-electron chi connectivity index (χ1n) is 6.47. The highest BCUT2D eigenvalue weighted by atomic mass is 16.5. The Morgan fingerprint density at radius 2 is 2.10 bits per heavy atom. The summed E-state index contributed by atoms with van der Waals surface area (Å²) < 4.78 is 14.6. The van der Waals surface area contributed by atoms with Gasteiger partial charge >= 0.3 is 5.97 Å². The van der Waals surface area contributed by atoms with Gasteiger partial charge in [0.05, 0.1) is 13.0 Å². The Kier molecular flexibility index (Phi) is 4.73. The molecule has 0 spiro atoms. The minimum atomic E-state index is -0.207. The second-order valence-electron chi connectivity index (χ2n) is 4.70. The van der Waals surface area contributed by atoms with Gasteiger partial charge in [-0.25, -0.2) is 0 Å². The first kappa shape index (κ1) is 14.5. The average molecular weight is 282 g/mol. The molecule has 1 aliphatic heterocycles. The quantitative estimate of drug-likeness (QED) is 0.761. The topological polar surface area (TPSA) is 81.9 Å². The summed E-state index contributed by atoms with van der Waals surface area (Å²) in [4.78, 5) is 25.3. The van der Waals surface area contributed by atoms with Crippen molar-refractivity contribution in [2.24, 2.45) is 5.92 Å². The summed E-state index contributed by atoms with van der Waals surface area (Å²) >= 11 is 0. The Balaban J connectivity index is 1.92. The van der Waals surface area contributed by atoms with Crippen molar-refractivity contribution < 1.29 is 23.6 Å². The van der Waals surface area contributed by atoms with Crippen molar-refractivity contribution in [1.29, 1.82) is 0 Å². The van der Waals surface area contributed by atoms with Crippen LogP contribution in [0.2, 0.25) is 0 Å². The van der Waals surface area contributed by atoms with Crippen molar-refractivity contribution >= 4 is 11.9 Å². The standard InChI is InChI=1S/C13H18N2O5/c1-18-8-10-7-11(14-20-10)12(16)15-5-3-9(4-6-15)13(17)19-2/h7,9H,3-6,8H2,1-2H3. The van der Waals surface area contributed by atoms with Gasteiger partial charge in [0, 0.05) is 26.3 Å². The fourth-order valence-electron chi connectivity index (χ4n) is 2.27. The molecule has 0 radical (unpaired) electrons. The molecule has 0 bridgehead atoms. The van der Waals surface area contributed by atoms with Crippen LogP contribution in [-0.4, -0.2) is 49.2 Å². The minimum absolute atomic E-state index is 0.120. The molecule has 1 fully saturated rings. The zero-order valence-corrected chi connectivity index (χ0v) is 11.6. The number of carbonyl (C=O) groups is 2. The number of hydrogen-bond donors (Lipinski definition) is 0. The molecule has 7 nitrogen and oxygen atoms in total. The number of amides is 1. The number of hydrogen-bond acceptors (Lipinski definition) is 6. The average Bonchev–Trinajstić information content (AvgIpc) is 2.95. The van der Waals surface area contributed by atoms with Gasteiger partial charge in [-0.05, 0) is 12.8 Å². The number of piperidine rings is 1. The third kappa shape index (κ3) is 3.16. The van der Waals surface area contributed by atoms with Gasteiger partial charge in [0.2, 0.25) is 0 Å². The maximum absolute atomic E-state index is 12.2. The monoisotopic (exact) mass is 282 g/mol. The molecule has 0 atom stereocenters. The molecule has 0 aliphatic carbocycles. The lowest BCUT2D eigenvalue weighted by Gasteiger charge is -2.29. The van der Waals surface area contributed by atoms with E-state index in [9.17, 15) is 9.59 Å². The van der Waals surface area contributed by atoms with Gasteiger partial charge in [-0.15, -0.1) is 0 Å². The normalized spacial score (nSPS) is 16.2. The van der Waals surface area contributed by atoms with Crippen LogP contribution >= 0.6 is 0 Å². The fourth-order valence-corrected chi connectivity index (χ4v) is 2.27. The number of methoxy groups -OCH3 is 2. The Labute approximate surface area is 116 Å². The minimum Gasteiger partial charge on any atom is -0.469 e. The molecule has 1 saturated heterocycles. The summed E-state index contributed by atoms with van der Waals surface area (Å²) in [7, 11) is 2.92. The third-order valence-electron chi connectivity index (χ3n) is 3.38. The van der Waals surface area contributed by atoms with E-state index in [1.165, 1.54) is 7.11 Å². The fraction of sp³-hybridized carbons (Fsp3) is 0.615. The van der Waals surface area contributed by atoms with Gasteiger partial charge in [-0.2, -0.15) is 0 Å². The van der Waals surface area contributed by atoms with Gasteiger partial charge in [0.25, 0.3) is 5.91 Å². The van der Waals surface area contributed by atoms with E-state index >= 15 is 0 Å².